The van der Waals surface area contributed by atoms with E-state index in [4.69, 9.17) is 11.6 Å². The first kappa shape index (κ1) is 15.4. The molecule has 4 aromatic rings. The predicted molar refractivity (Wildman–Crippen MR) is 97.4 cm³/mol. The van der Waals surface area contributed by atoms with Gasteiger partial charge in [-0.25, -0.2) is 9.50 Å². The molecule has 0 aliphatic carbocycles. The third-order valence-corrected chi connectivity index (χ3v) is 4.34. The molecular formula is C20H13ClN4. The zero-order chi connectivity index (χ0) is 17.2. The van der Waals surface area contributed by atoms with Gasteiger partial charge in [-0.2, -0.15) is 10.4 Å². The third kappa shape index (κ3) is 2.98. The molecule has 0 spiro atoms. The maximum atomic E-state index is 9.25. The average molecular weight is 345 g/mol. The molecule has 0 aliphatic rings. The van der Waals surface area contributed by atoms with Crippen LogP contribution in [0.5, 0.6) is 0 Å². The van der Waals surface area contributed by atoms with Gasteiger partial charge < -0.3 is 0 Å². The summed E-state index contributed by atoms with van der Waals surface area (Å²) >= 11 is 6.24. The normalized spacial score (nSPS) is 10.7. The predicted octanol–water partition coefficient (Wildman–Crippen LogP) is 4.51. The monoisotopic (exact) mass is 344 g/mol. The van der Waals surface area contributed by atoms with Crippen molar-refractivity contribution in [1.29, 1.82) is 5.26 Å². The summed E-state index contributed by atoms with van der Waals surface area (Å²) in [6, 6.07) is 21.7. The zero-order valence-electron chi connectivity index (χ0n) is 13.2. The highest BCUT2D eigenvalue weighted by Gasteiger charge is 2.07. The quantitative estimate of drug-likeness (QED) is 0.514. The smallest absolute Gasteiger partial charge is 0.156 e. The topological polar surface area (TPSA) is 54.0 Å². The summed E-state index contributed by atoms with van der Waals surface area (Å²) in [6.07, 6.45) is 2.36. The number of benzene rings is 2. The van der Waals surface area contributed by atoms with Crippen molar-refractivity contribution in [2.75, 3.05) is 0 Å². The Kier molecular flexibility index (Phi) is 3.93. The molecule has 2 aromatic heterocycles. The van der Waals surface area contributed by atoms with E-state index < -0.39 is 0 Å². The Labute approximate surface area is 149 Å². The van der Waals surface area contributed by atoms with Crippen LogP contribution < -0.4 is 0 Å². The van der Waals surface area contributed by atoms with Crippen molar-refractivity contribution in [3.63, 3.8) is 0 Å². The van der Waals surface area contributed by atoms with Crippen molar-refractivity contribution >= 4 is 17.2 Å². The molecule has 0 atom stereocenters. The second-order valence-corrected chi connectivity index (χ2v) is 6.09. The Hall–Kier alpha value is -3.16. The maximum absolute atomic E-state index is 9.25. The Morgan fingerprint density at radius 3 is 2.64 bits per heavy atom. The summed E-state index contributed by atoms with van der Waals surface area (Å²) in [6.45, 7) is 0. The van der Waals surface area contributed by atoms with E-state index in [2.05, 4.69) is 28.3 Å². The fraction of sp³-hybridized carbons (Fsp3) is 0.0500. The van der Waals surface area contributed by atoms with Gasteiger partial charge in [-0.3, -0.25) is 0 Å². The van der Waals surface area contributed by atoms with E-state index in [1.807, 2.05) is 48.5 Å². The van der Waals surface area contributed by atoms with Crippen LogP contribution in [0.2, 0.25) is 5.15 Å². The first-order valence-corrected chi connectivity index (χ1v) is 8.20. The van der Waals surface area contributed by atoms with E-state index in [1.165, 1.54) is 0 Å². The van der Waals surface area contributed by atoms with Crippen molar-refractivity contribution in [1.82, 2.24) is 14.6 Å². The largest absolute Gasteiger partial charge is 0.233 e. The molecule has 120 valence electrons. The zero-order valence-corrected chi connectivity index (χ0v) is 14.0. The molecule has 2 aromatic carbocycles. The molecule has 0 aliphatic heterocycles. The highest BCUT2D eigenvalue weighted by Crippen LogP contribution is 2.24. The van der Waals surface area contributed by atoms with Crippen LogP contribution in [0.3, 0.4) is 0 Å². The SMILES string of the molecule is N#Cc1ccccc1-c1ccc(Cc2cc(Cl)n3nccc3n2)cc1. The van der Waals surface area contributed by atoms with Crippen molar-refractivity contribution in [3.05, 3.63) is 88.8 Å². The Morgan fingerprint density at radius 2 is 1.84 bits per heavy atom. The number of fused-ring (bicyclic) bond motifs is 1. The molecule has 0 radical (unpaired) electrons. The Morgan fingerprint density at radius 1 is 1.04 bits per heavy atom. The molecule has 2 heterocycles. The molecule has 4 rings (SSSR count). The average Bonchev–Trinajstić information content (AvgIpc) is 3.11. The third-order valence-electron chi connectivity index (χ3n) is 4.07. The first-order chi connectivity index (χ1) is 12.2. The minimum absolute atomic E-state index is 0.546. The molecule has 4 nitrogen and oxygen atoms in total. The van der Waals surface area contributed by atoms with E-state index in [9.17, 15) is 5.26 Å². The Bertz CT molecular complexity index is 1090. The van der Waals surface area contributed by atoms with Crippen LogP contribution in [-0.4, -0.2) is 14.6 Å². The fourth-order valence-electron chi connectivity index (χ4n) is 2.86. The number of halogens is 1. The molecule has 0 bridgehead atoms. The van der Waals surface area contributed by atoms with Gasteiger partial charge in [-0.05, 0) is 28.8 Å². The number of hydrogen-bond acceptors (Lipinski definition) is 3. The number of nitriles is 1. The summed E-state index contributed by atoms with van der Waals surface area (Å²) in [4.78, 5) is 4.57. The van der Waals surface area contributed by atoms with Crippen LogP contribution in [0.1, 0.15) is 16.8 Å². The number of rotatable bonds is 3. The molecule has 0 amide bonds. The first-order valence-electron chi connectivity index (χ1n) is 7.82. The summed E-state index contributed by atoms with van der Waals surface area (Å²) in [5.41, 5.74) is 5.40. The van der Waals surface area contributed by atoms with Gasteiger partial charge in [0.15, 0.2) is 5.65 Å². The molecule has 0 saturated carbocycles. The van der Waals surface area contributed by atoms with Gasteiger partial charge in [-0.15, -0.1) is 0 Å². The van der Waals surface area contributed by atoms with E-state index in [-0.39, 0.29) is 0 Å². The highest BCUT2D eigenvalue weighted by atomic mass is 35.5. The molecule has 5 heteroatoms. The highest BCUT2D eigenvalue weighted by molar-refractivity contribution is 6.29. The second-order valence-electron chi connectivity index (χ2n) is 5.70. The van der Waals surface area contributed by atoms with Gasteiger partial charge in [-0.1, -0.05) is 54.1 Å². The van der Waals surface area contributed by atoms with Gasteiger partial charge in [0.2, 0.25) is 0 Å². The number of aromatic nitrogens is 3. The number of nitrogens with zero attached hydrogens (tertiary/aromatic N) is 4. The van der Waals surface area contributed by atoms with Gasteiger partial charge in [0.25, 0.3) is 0 Å². The van der Waals surface area contributed by atoms with Crippen molar-refractivity contribution in [3.8, 4) is 17.2 Å². The van der Waals surface area contributed by atoms with Crippen LogP contribution in [0, 0.1) is 11.3 Å². The van der Waals surface area contributed by atoms with Crippen LogP contribution in [0.4, 0.5) is 0 Å². The van der Waals surface area contributed by atoms with Crippen molar-refractivity contribution in [2.24, 2.45) is 0 Å². The van der Waals surface area contributed by atoms with E-state index >= 15 is 0 Å². The van der Waals surface area contributed by atoms with Crippen LogP contribution in [0.25, 0.3) is 16.8 Å². The summed E-state index contributed by atoms with van der Waals surface area (Å²) in [5, 5.41) is 13.9. The molecular weight excluding hydrogens is 332 g/mol. The van der Waals surface area contributed by atoms with Gasteiger partial charge in [0.05, 0.1) is 23.5 Å². The van der Waals surface area contributed by atoms with Crippen LogP contribution in [0.15, 0.2) is 66.9 Å². The summed E-state index contributed by atoms with van der Waals surface area (Å²) in [5.74, 6) is 0. The van der Waals surface area contributed by atoms with E-state index in [1.54, 1.807) is 10.7 Å². The molecule has 0 unspecified atom stereocenters. The van der Waals surface area contributed by atoms with Crippen LogP contribution >= 0.6 is 11.6 Å². The van der Waals surface area contributed by atoms with Gasteiger partial charge >= 0.3 is 0 Å². The molecule has 0 N–H and O–H groups in total. The Balaban J connectivity index is 1.63. The fourth-order valence-corrected chi connectivity index (χ4v) is 3.11. The molecule has 25 heavy (non-hydrogen) atoms. The van der Waals surface area contributed by atoms with E-state index in [0.29, 0.717) is 17.1 Å². The molecule has 0 saturated heterocycles. The summed E-state index contributed by atoms with van der Waals surface area (Å²) in [7, 11) is 0. The minimum atomic E-state index is 0.546. The summed E-state index contributed by atoms with van der Waals surface area (Å²) < 4.78 is 1.60. The maximum Gasteiger partial charge on any atom is 0.156 e. The standard InChI is InChI=1S/C20H13ClN4/c21-19-12-17(24-20-9-10-23-25(19)20)11-14-5-7-15(8-6-14)18-4-2-1-3-16(18)13-22/h1-10,12H,11H2. The lowest BCUT2D eigenvalue weighted by atomic mass is 9.98. The van der Waals surface area contributed by atoms with Crippen LogP contribution in [-0.2, 0) is 6.42 Å². The minimum Gasteiger partial charge on any atom is -0.233 e. The molecule has 0 fully saturated rings. The van der Waals surface area contributed by atoms with Gasteiger partial charge in [0.1, 0.15) is 5.15 Å². The van der Waals surface area contributed by atoms with E-state index in [0.717, 1.165) is 28.0 Å². The van der Waals surface area contributed by atoms with Crippen molar-refractivity contribution < 1.29 is 0 Å². The van der Waals surface area contributed by atoms with Crippen molar-refractivity contribution in [2.45, 2.75) is 6.42 Å². The number of hydrogen-bond donors (Lipinski definition) is 0. The van der Waals surface area contributed by atoms with Gasteiger partial charge in [0, 0.05) is 12.5 Å². The lowest BCUT2D eigenvalue weighted by Crippen LogP contribution is -1.98. The lowest BCUT2D eigenvalue weighted by Gasteiger charge is -2.07. The lowest BCUT2D eigenvalue weighted by molar-refractivity contribution is 0.919. The second kappa shape index (κ2) is 6.39.